The summed E-state index contributed by atoms with van der Waals surface area (Å²) in [5, 5.41) is 0.236. The van der Waals surface area contributed by atoms with E-state index >= 15 is 0 Å². The Kier molecular flexibility index (Phi) is 6.10. The van der Waals surface area contributed by atoms with Crippen molar-refractivity contribution >= 4 is 21.7 Å². The lowest BCUT2D eigenvalue weighted by molar-refractivity contribution is 0.146. The Labute approximate surface area is 147 Å². The van der Waals surface area contributed by atoms with E-state index in [0.29, 0.717) is 24.5 Å². The van der Waals surface area contributed by atoms with Crippen LogP contribution in [-0.4, -0.2) is 28.7 Å². The van der Waals surface area contributed by atoms with Gasteiger partial charge in [-0.1, -0.05) is 17.7 Å². The number of halogens is 1. The first-order chi connectivity index (χ1) is 11.3. The topological polar surface area (TPSA) is 61.8 Å². The van der Waals surface area contributed by atoms with Crippen molar-refractivity contribution in [2.24, 2.45) is 0 Å². The zero-order valence-corrected chi connectivity index (χ0v) is 15.3. The fraction of sp³-hybridized carbons (Fsp3) is 0.294. The average Bonchev–Trinajstić information content (AvgIpc) is 2.52. The zero-order chi connectivity index (χ0) is 17.7. The van der Waals surface area contributed by atoms with Gasteiger partial charge in [0, 0.05) is 7.11 Å². The smallest absolute Gasteiger partial charge is 0.339 e. The monoisotopic (exact) mass is 370 g/mol. The summed E-state index contributed by atoms with van der Waals surface area (Å²) in [6.07, 6.45) is 0. The minimum absolute atomic E-state index is 0.0386. The van der Waals surface area contributed by atoms with E-state index in [-0.39, 0.29) is 15.7 Å². The number of hydrogen-bond donors (Lipinski definition) is 0. The maximum Gasteiger partial charge on any atom is 0.339 e. The average molecular weight is 371 g/mol. The molecule has 0 aliphatic rings. The molecule has 0 heterocycles. The summed E-state index contributed by atoms with van der Waals surface area (Å²) < 4.78 is 40.5. The van der Waals surface area contributed by atoms with Gasteiger partial charge in [-0.05, 0) is 55.3 Å². The molecule has 0 fully saturated rings. The fourth-order valence-corrected chi connectivity index (χ4v) is 3.24. The number of hydrogen-bond acceptors (Lipinski definition) is 5. The van der Waals surface area contributed by atoms with Crippen LogP contribution in [0.25, 0.3) is 0 Å². The van der Waals surface area contributed by atoms with Crippen LogP contribution >= 0.6 is 11.6 Å². The lowest BCUT2D eigenvalue weighted by atomic mass is 10.2. The SMILES string of the molecule is COCCOc1ccc(S(=O)(=O)Oc2cc(C)ccc2Cl)cc1C. The Morgan fingerprint density at radius 3 is 2.42 bits per heavy atom. The van der Waals surface area contributed by atoms with E-state index in [1.807, 2.05) is 6.92 Å². The van der Waals surface area contributed by atoms with E-state index < -0.39 is 10.1 Å². The second-order valence-corrected chi connectivity index (χ2v) is 7.19. The van der Waals surface area contributed by atoms with Crippen molar-refractivity contribution in [3.8, 4) is 11.5 Å². The van der Waals surface area contributed by atoms with E-state index in [1.54, 1.807) is 38.3 Å². The Hall–Kier alpha value is -1.76. The van der Waals surface area contributed by atoms with Crippen molar-refractivity contribution in [2.75, 3.05) is 20.3 Å². The van der Waals surface area contributed by atoms with Crippen molar-refractivity contribution in [1.29, 1.82) is 0 Å². The molecule has 2 rings (SSSR count). The van der Waals surface area contributed by atoms with Crippen LogP contribution in [0.2, 0.25) is 5.02 Å². The van der Waals surface area contributed by atoms with Gasteiger partial charge in [0.25, 0.3) is 0 Å². The van der Waals surface area contributed by atoms with Crippen molar-refractivity contribution in [1.82, 2.24) is 0 Å². The highest BCUT2D eigenvalue weighted by atomic mass is 35.5. The largest absolute Gasteiger partial charge is 0.491 e. The van der Waals surface area contributed by atoms with E-state index in [0.717, 1.165) is 5.56 Å². The molecule has 0 unspecified atom stereocenters. The number of methoxy groups -OCH3 is 1. The van der Waals surface area contributed by atoms with Gasteiger partial charge in [0.05, 0.1) is 11.6 Å². The third kappa shape index (κ3) is 4.63. The van der Waals surface area contributed by atoms with Gasteiger partial charge in [0.15, 0.2) is 5.75 Å². The van der Waals surface area contributed by atoms with E-state index in [4.69, 9.17) is 25.3 Å². The Morgan fingerprint density at radius 1 is 1.00 bits per heavy atom. The molecular weight excluding hydrogens is 352 g/mol. The highest BCUT2D eigenvalue weighted by molar-refractivity contribution is 7.87. The molecule has 0 saturated heterocycles. The predicted molar refractivity (Wildman–Crippen MR) is 92.6 cm³/mol. The molecule has 5 nitrogen and oxygen atoms in total. The van der Waals surface area contributed by atoms with Crippen molar-refractivity contribution in [3.05, 3.63) is 52.5 Å². The number of rotatable bonds is 7. The molecule has 24 heavy (non-hydrogen) atoms. The van der Waals surface area contributed by atoms with Crippen LogP contribution in [0.5, 0.6) is 11.5 Å². The van der Waals surface area contributed by atoms with Crippen LogP contribution < -0.4 is 8.92 Å². The van der Waals surface area contributed by atoms with Gasteiger partial charge in [0.1, 0.15) is 17.3 Å². The van der Waals surface area contributed by atoms with Crippen molar-refractivity contribution in [3.63, 3.8) is 0 Å². The maximum atomic E-state index is 12.4. The zero-order valence-electron chi connectivity index (χ0n) is 13.7. The molecule has 7 heteroatoms. The summed E-state index contributed by atoms with van der Waals surface area (Å²) in [5.74, 6) is 0.703. The van der Waals surface area contributed by atoms with Crippen LogP contribution in [0.15, 0.2) is 41.3 Å². The van der Waals surface area contributed by atoms with E-state index in [2.05, 4.69) is 0 Å². The number of ether oxygens (including phenoxy) is 2. The Bertz CT molecular complexity index is 818. The third-order valence-electron chi connectivity index (χ3n) is 3.27. The minimum Gasteiger partial charge on any atom is -0.491 e. The quantitative estimate of drug-likeness (QED) is 0.548. The summed E-state index contributed by atoms with van der Waals surface area (Å²) in [7, 11) is -2.40. The molecule has 0 radical (unpaired) electrons. The molecule has 0 amide bonds. The summed E-state index contributed by atoms with van der Waals surface area (Å²) >= 11 is 6.00. The lowest BCUT2D eigenvalue weighted by Crippen LogP contribution is -2.11. The Balaban J connectivity index is 2.23. The van der Waals surface area contributed by atoms with Gasteiger partial charge in [0.2, 0.25) is 0 Å². The van der Waals surface area contributed by atoms with Crippen LogP contribution in [0.3, 0.4) is 0 Å². The summed E-state index contributed by atoms with van der Waals surface area (Å²) in [5.41, 5.74) is 1.54. The molecule has 0 atom stereocenters. The molecule has 2 aromatic carbocycles. The van der Waals surface area contributed by atoms with E-state index in [1.165, 1.54) is 12.1 Å². The standard InChI is InChI=1S/C17H19ClO5S/c1-12-4-6-15(18)17(10-12)23-24(19,20)14-5-7-16(13(2)11-14)22-9-8-21-3/h4-7,10-11H,8-9H2,1-3H3. The van der Waals surface area contributed by atoms with Crippen LogP contribution in [0.4, 0.5) is 0 Å². The lowest BCUT2D eigenvalue weighted by Gasteiger charge is -2.12. The van der Waals surface area contributed by atoms with Gasteiger partial charge in [-0.25, -0.2) is 0 Å². The van der Waals surface area contributed by atoms with Crippen LogP contribution in [0, 0.1) is 13.8 Å². The summed E-state index contributed by atoms with van der Waals surface area (Å²) in [6, 6.07) is 9.49. The first kappa shape index (κ1) is 18.6. The first-order valence-corrected chi connectivity index (χ1v) is 9.05. The van der Waals surface area contributed by atoms with Crippen LogP contribution in [-0.2, 0) is 14.9 Å². The molecule has 0 N–H and O–H groups in total. The molecule has 0 aliphatic heterocycles. The second kappa shape index (κ2) is 7.88. The summed E-state index contributed by atoms with van der Waals surface area (Å²) in [4.78, 5) is 0.0386. The van der Waals surface area contributed by atoms with Gasteiger partial charge in [-0.15, -0.1) is 0 Å². The molecule has 0 saturated carbocycles. The number of aryl methyl sites for hydroxylation is 2. The van der Waals surface area contributed by atoms with E-state index in [9.17, 15) is 8.42 Å². The molecule has 2 aromatic rings. The molecular formula is C17H19ClO5S. The van der Waals surface area contributed by atoms with Gasteiger partial charge >= 0.3 is 10.1 Å². The molecule has 0 aliphatic carbocycles. The van der Waals surface area contributed by atoms with Crippen LogP contribution in [0.1, 0.15) is 11.1 Å². The normalized spacial score (nSPS) is 11.3. The highest BCUT2D eigenvalue weighted by Gasteiger charge is 2.19. The first-order valence-electron chi connectivity index (χ1n) is 7.26. The molecule has 130 valence electrons. The van der Waals surface area contributed by atoms with Crippen molar-refractivity contribution in [2.45, 2.75) is 18.7 Å². The third-order valence-corrected chi connectivity index (χ3v) is 4.81. The minimum atomic E-state index is -3.98. The van der Waals surface area contributed by atoms with Gasteiger partial charge < -0.3 is 13.7 Å². The summed E-state index contributed by atoms with van der Waals surface area (Å²) in [6.45, 7) is 4.43. The highest BCUT2D eigenvalue weighted by Crippen LogP contribution is 2.29. The van der Waals surface area contributed by atoms with Gasteiger partial charge in [-0.3, -0.25) is 0 Å². The fourth-order valence-electron chi connectivity index (χ4n) is 2.02. The molecule has 0 spiro atoms. The Morgan fingerprint density at radius 2 is 1.75 bits per heavy atom. The van der Waals surface area contributed by atoms with Crippen molar-refractivity contribution < 1.29 is 22.1 Å². The molecule has 0 aromatic heterocycles. The maximum absolute atomic E-state index is 12.4. The van der Waals surface area contributed by atoms with Gasteiger partial charge in [-0.2, -0.15) is 8.42 Å². The molecule has 0 bridgehead atoms. The second-order valence-electron chi connectivity index (χ2n) is 5.24. The predicted octanol–water partition coefficient (Wildman–Crippen LogP) is 3.75. The number of benzene rings is 2.